The Hall–Kier alpha value is -2.67. The number of hydrogen-bond acceptors (Lipinski definition) is 9. The normalized spacial score (nSPS) is 21.3. The molecule has 18 heteroatoms. The van der Waals surface area contributed by atoms with Crippen LogP contribution in [-0.2, 0) is 20.4 Å². The number of carbonyl (C=O) groups is 1. The van der Waals surface area contributed by atoms with Crippen LogP contribution in [0.15, 0.2) is 46.5 Å². The van der Waals surface area contributed by atoms with Gasteiger partial charge in [0.2, 0.25) is 21.9 Å². The van der Waals surface area contributed by atoms with E-state index in [1.165, 1.54) is 27.4 Å². The first kappa shape index (κ1) is 32.2. The van der Waals surface area contributed by atoms with Crippen molar-refractivity contribution in [3.8, 4) is 0 Å². The second-order valence-electron chi connectivity index (χ2n) is 10.4. The number of nitrogens with one attached hydrogen (secondary N) is 1. The zero-order valence-electron chi connectivity index (χ0n) is 22.3. The number of alkyl halides is 6. The van der Waals surface area contributed by atoms with Gasteiger partial charge < -0.3 is 15.3 Å². The highest BCUT2D eigenvalue weighted by atomic mass is 32.2. The minimum absolute atomic E-state index is 0.0441. The molecule has 10 nitrogen and oxygen atoms in total. The maximum Gasteiger partial charge on any atom is 0.430 e. The summed E-state index contributed by atoms with van der Waals surface area (Å²) in [6.07, 6.45) is -11.7. The fourth-order valence-electron chi connectivity index (χ4n) is 4.94. The van der Waals surface area contributed by atoms with Crippen LogP contribution in [0.4, 0.5) is 32.3 Å². The summed E-state index contributed by atoms with van der Waals surface area (Å²) in [7, 11) is -4.06. The Morgan fingerprint density at radius 2 is 1.64 bits per heavy atom. The molecule has 2 aliphatic heterocycles. The molecule has 42 heavy (non-hydrogen) atoms. The van der Waals surface area contributed by atoms with Crippen molar-refractivity contribution in [3.63, 3.8) is 0 Å². The van der Waals surface area contributed by atoms with Gasteiger partial charge in [-0.3, -0.25) is 9.69 Å². The third kappa shape index (κ3) is 5.66. The average molecular weight is 643 g/mol. The van der Waals surface area contributed by atoms with E-state index in [1.54, 1.807) is 24.8 Å². The maximum atomic E-state index is 13.5. The second-order valence-corrected chi connectivity index (χ2v) is 12.8. The molecule has 232 valence electrons. The van der Waals surface area contributed by atoms with Crippen molar-refractivity contribution in [2.24, 2.45) is 0 Å². The molecule has 0 radical (unpaired) electrons. The number of anilines is 1. The number of piperazine rings is 2. The minimum atomic E-state index is -6.11. The van der Waals surface area contributed by atoms with E-state index in [9.17, 15) is 44.7 Å². The summed E-state index contributed by atoms with van der Waals surface area (Å²) in [5, 5.41) is 12.4. The molecule has 0 aliphatic carbocycles. The number of halogens is 6. The van der Waals surface area contributed by atoms with Gasteiger partial charge in [-0.15, -0.1) is 12.6 Å². The molecule has 2 N–H and O–H groups in total. The van der Waals surface area contributed by atoms with E-state index < -0.39 is 45.1 Å². The Kier molecular flexibility index (Phi) is 8.53. The number of benzene rings is 1. The van der Waals surface area contributed by atoms with Crippen molar-refractivity contribution in [1.29, 1.82) is 0 Å². The van der Waals surface area contributed by atoms with E-state index in [4.69, 9.17) is 0 Å². The summed E-state index contributed by atoms with van der Waals surface area (Å²) in [5.41, 5.74) is -7.83. The van der Waals surface area contributed by atoms with E-state index in [-0.39, 0.29) is 60.2 Å². The number of carbonyl (C=O) groups excluding carboxylic acids is 1. The van der Waals surface area contributed by atoms with Gasteiger partial charge in [0.05, 0.1) is 16.5 Å². The Morgan fingerprint density at radius 3 is 2.21 bits per heavy atom. The minimum Gasteiger partial charge on any atom is -0.369 e. The molecule has 1 amide bonds. The molecular weight excluding hydrogens is 614 g/mol. The van der Waals surface area contributed by atoms with Gasteiger partial charge in [0, 0.05) is 62.1 Å². The lowest BCUT2D eigenvalue weighted by Gasteiger charge is -2.47. The van der Waals surface area contributed by atoms with Gasteiger partial charge in [-0.05, 0) is 26.0 Å². The van der Waals surface area contributed by atoms with Crippen LogP contribution in [-0.4, -0.2) is 102 Å². The number of thiol groups is 1. The Balaban J connectivity index is 1.70. The zero-order valence-corrected chi connectivity index (χ0v) is 24.0. The Morgan fingerprint density at radius 1 is 1.05 bits per heavy atom. The van der Waals surface area contributed by atoms with Crippen LogP contribution in [0.2, 0.25) is 0 Å². The summed E-state index contributed by atoms with van der Waals surface area (Å²) < 4.78 is 108. The number of amides is 1. The standard InChI is InChI=1S/C24H28F6N6O4S2/c1-21(2)19(37)31-7-8-34(21)13-16-14-35(42(39,40)18-6-4-3-5-17(18)41)9-10-36(16)20-32-11-15(12-33-20)22(38,23(25,26)27)24(28,29)30/h3-6,11-12,16,38,41H,7-10,13-14H2,1-2H3,(H,31,37)/t16-/m0/s1. The lowest BCUT2D eigenvalue weighted by Crippen LogP contribution is -2.66. The topological polar surface area (TPSA) is 119 Å². The van der Waals surface area contributed by atoms with Gasteiger partial charge in [-0.2, -0.15) is 30.6 Å². The molecular formula is C24H28F6N6O4S2. The predicted molar refractivity (Wildman–Crippen MR) is 140 cm³/mol. The lowest BCUT2D eigenvalue weighted by atomic mass is 9.95. The number of aliphatic hydroxyl groups is 1. The van der Waals surface area contributed by atoms with Gasteiger partial charge in [-0.25, -0.2) is 18.4 Å². The highest BCUT2D eigenvalue weighted by molar-refractivity contribution is 7.90. The Bertz CT molecular complexity index is 1410. The molecule has 2 aliphatic rings. The van der Waals surface area contributed by atoms with E-state index in [0.717, 1.165) is 0 Å². The summed E-state index contributed by atoms with van der Waals surface area (Å²) in [6.45, 7) is 3.74. The molecule has 0 saturated carbocycles. The molecule has 2 aromatic rings. The van der Waals surface area contributed by atoms with E-state index in [0.29, 0.717) is 13.1 Å². The number of hydrogen-bond donors (Lipinski definition) is 3. The first-order valence-corrected chi connectivity index (χ1v) is 14.5. The zero-order chi connectivity index (χ0) is 31.3. The second kappa shape index (κ2) is 11.1. The molecule has 1 atom stereocenters. The predicted octanol–water partition coefficient (Wildman–Crippen LogP) is 2.17. The van der Waals surface area contributed by atoms with Crippen LogP contribution in [0.1, 0.15) is 19.4 Å². The van der Waals surface area contributed by atoms with Crippen LogP contribution in [0.5, 0.6) is 0 Å². The molecule has 2 saturated heterocycles. The van der Waals surface area contributed by atoms with E-state index >= 15 is 0 Å². The average Bonchev–Trinajstić information content (AvgIpc) is 2.90. The van der Waals surface area contributed by atoms with Crippen LogP contribution in [0.25, 0.3) is 0 Å². The SMILES string of the molecule is CC1(C)C(=O)NCCN1C[C@H]1CN(S(=O)(=O)c2ccccc2S)CCN1c1ncc(C(O)(C(F)(F)F)C(F)(F)F)cn1. The highest BCUT2D eigenvalue weighted by Crippen LogP contribution is 2.49. The summed E-state index contributed by atoms with van der Waals surface area (Å²) >= 11 is 4.25. The summed E-state index contributed by atoms with van der Waals surface area (Å²) in [4.78, 5) is 23.4. The molecule has 0 unspecified atom stereocenters. The third-order valence-electron chi connectivity index (χ3n) is 7.51. The first-order valence-electron chi connectivity index (χ1n) is 12.6. The smallest absolute Gasteiger partial charge is 0.369 e. The largest absolute Gasteiger partial charge is 0.430 e. The molecule has 1 aromatic heterocycles. The maximum absolute atomic E-state index is 13.5. The summed E-state index contributed by atoms with van der Waals surface area (Å²) in [5.74, 6) is -0.551. The van der Waals surface area contributed by atoms with E-state index in [1.807, 2.05) is 0 Å². The molecule has 0 spiro atoms. The van der Waals surface area contributed by atoms with Gasteiger partial charge in [0.25, 0.3) is 5.60 Å². The lowest BCUT2D eigenvalue weighted by molar-refractivity contribution is -0.376. The van der Waals surface area contributed by atoms with Crippen molar-refractivity contribution in [2.75, 3.05) is 44.2 Å². The quantitative estimate of drug-likeness (QED) is 0.324. The fourth-order valence-corrected chi connectivity index (χ4v) is 7.00. The van der Waals surface area contributed by atoms with Crippen LogP contribution >= 0.6 is 12.6 Å². The molecule has 3 heterocycles. The number of aromatic nitrogens is 2. The third-order valence-corrected chi connectivity index (χ3v) is 9.97. The van der Waals surface area contributed by atoms with Gasteiger partial charge in [0.15, 0.2) is 0 Å². The van der Waals surface area contributed by atoms with Crippen LogP contribution in [0.3, 0.4) is 0 Å². The summed E-state index contributed by atoms with van der Waals surface area (Å²) in [6, 6.07) is 5.28. The van der Waals surface area contributed by atoms with Crippen molar-refractivity contribution in [1.82, 2.24) is 24.5 Å². The monoisotopic (exact) mass is 642 g/mol. The first-order chi connectivity index (χ1) is 19.3. The van der Waals surface area contributed by atoms with E-state index in [2.05, 4.69) is 27.9 Å². The van der Waals surface area contributed by atoms with Crippen LogP contribution < -0.4 is 10.2 Å². The van der Waals surface area contributed by atoms with Gasteiger partial charge in [0.1, 0.15) is 0 Å². The number of rotatable bonds is 6. The van der Waals surface area contributed by atoms with Gasteiger partial charge >= 0.3 is 12.4 Å². The number of nitrogens with zero attached hydrogens (tertiary/aromatic N) is 5. The molecule has 4 rings (SSSR count). The van der Waals surface area contributed by atoms with Crippen molar-refractivity contribution in [3.05, 3.63) is 42.2 Å². The fraction of sp³-hybridized carbons (Fsp3) is 0.542. The highest BCUT2D eigenvalue weighted by Gasteiger charge is 2.71. The molecule has 2 fully saturated rings. The van der Waals surface area contributed by atoms with Crippen molar-refractivity contribution < 1.29 is 44.7 Å². The van der Waals surface area contributed by atoms with Crippen molar-refractivity contribution in [2.45, 2.75) is 53.2 Å². The Labute approximate surface area is 243 Å². The van der Waals surface area contributed by atoms with Crippen LogP contribution in [0, 0.1) is 0 Å². The number of sulfonamides is 1. The molecule has 1 aromatic carbocycles. The van der Waals surface area contributed by atoms with Gasteiger partial charge in [-0.1, -0.05) is 12.1 Å². The van der Waals surface area contributed by atoms with Crippen molar-refractivity contribution >= 4 is 34.5 Å². The molecule has 0 bridgehead atoms.